The third-order valence-electron chi connectivity index (χ3n) is 7.72. The number of Topliss-reactive ketones (excluding diaryl/α,β-unsaturated/α-hetero) is 1. The van der Waals surface area contributed by atoms with E-state index in [-0.39, 0.29) is 41.9 Å². The molecule has 1 aliphatic heterocycles. The van der Waals surface area contributed by atoms with Crippen molar-refractivity contribution in [3.8, 4) is 0 Å². The van der Waals surface area contributed by atoms with E-state index in [4.69, 9.17) is 4.74 Å². The Hall–Kier alpha value is -1.46. The Balaban J connectivity index is 2.18. The Kier molecular flexibility index (Phi) is 6.93. The number of hydrogen-bond donors (Lipinski definition) is 2. The van der Waals surface area contributed by atoms with Gasteiger partial charge in [-0.1, -0.05) is 44.1 Å². The predicted molar refractivity (Wildman–Crippen MR) is 118 cm³/mol. The van der Waals surface area contributed by atoms with Gasteiger partial charge < -0.3 is 15.2 Å². The van der Waals surface area contributed by atoms with Gasteiger partial charge in [-0.2, -0.15) is 0 Å². The lowest BCUT2D eigenvalue weighted by molar-refractivity contribution is -0.148. The summed E-state index contributed by atoms with van der Waals surface area (Å²) in [6.07, 6.45) is 6.21. The molecule has 2 N–H and O–H groups in total. The minimum Gasteiger partial charge on any atom is -0.390 e. The molecule has 0 radical (unpaired) electrons. The van der Waals surface area contributed by atoms with E-state index in [1.807, 2.05) is 0 Å². The first-order valence-electron chi connectivity index (χ1n) is 11.5. The van der Waals surface area contributed by atoms with E-state index in [0.717, 1.165) is 19.3 Å². The molecule has 5 heteroatoms. The molecule has 2 aliphatic carbocycles. The molecule has 0 bridgehead atoms. The van der Waals surface area contributed by atoms with Gasteiger partial charge in [-0.05, 0) is 51.4 Å². The number of ether oxygens (including phenoxy) is 1. The van der Waals surface area contributed by atoms with Gasteiger partial charge in [-0.3, -0.25) is 9.59 Å². The monoisotopic (exact) mass is 417 g/mol. The second kappa shape index (κ2) is 8.96. The fourth-order valence-electron chi connectivity index (χ4n) is 6.10. The summed E-state index contributed by atoms with van der Waals surface area (Å²) in [6.45, 7) is 10.7. The average Bonchev–Trinajstić information content (AvgIpc) is 2.94. The van der Waals surface area contributed by atoms with Gasteiger partial charge >= 0.3 is 0 Å². The summed E-state index contributed by atoms with van der Waals surface area (Å²) in [4.78, 5) is 27.6. The molecule has 0 aromatic heterocycles. The van der Waals surface area contributed by atoms with Crippen LogP contribution in [0.2, 0.25) is 0 Å². The minimum absolute atomic E-state index is 0.0210. The molecule has 0 saturated carbocycles. The van der Waals surface area contributed by atoms with Gasteiger partial charge in [0.05, 0.1) is 12.2 Å². The van der Waals surface area contributed by atoms with Crippen molar-refractivity contribution in [2.75, 3.05) is 7.11 Å². The highest BCUT2D eigenvalue weighted by Gasteiger charge is 2.65. The first kappa shape index (κ1) is 23.2. The molecule has 0 aromatic rings. The molecule has 30 heavy (non-hydrogen) atoms. The number of carbonyl (C=O) groups is 2. The molecule has 0 unspecified atom stereocenters. The Labute approximate surface area is 181 Å². The van der Waals surface area contributed by atoms with E-state index in [2.05, 4.69) is 52.1 Å². The van der Waals surface area contributed by atoms with Crippen LogP contribution in [-0.2, 0) is 14.3 Å². The molecule has 3 rings (SSSR count). The number of ketones is 1. The number of rotatable bonds is 3. The lowest BCUT2D eigenvalue weighted by Gasteiger charge is -2.45. The van der Waals surface area contributed by atoms with Crippen LogP contribution in [0.3, 0.4) is 0 Å². The van der Waals surface area contributed by atoms with Crippen LogP contribution < -0.4 is 5.32 Å². The number of amides is 1. The Morgan fingerprint density at radius 2 is 1.97 bits per heavy atom. The number of allylic oxidation sites excluding steroid dienone is 4. The number of aliphatic hydroxyl groups excluding tert-OH is 1. The zero-order chi connectivity index (χ0) is 22.2. The van der Waals surface area contributed by atoms with E-state index in [0.29, 0.717) is 12.3 Å². The second-order valence-electron chi connectivity index (χ2n) is 10.2. The number of nitrogens with one attached hydrogen (secondary N) is 1. The predicted octanol–water partition coefficient (Wildman–Crippen LogP) is 3.81. The molecule has 1 heterocycles. The van der Waals surface area contributed by atoms with Crippen molar-refractivity contribution >= 4 is 11.7 Å². The normalized spacial score (nSPS) is 41.9. The SMILES string of the molecule is CO[C@@H]1CC(=O)[C@@]23C(=O)N[C@@H](CC(C)C)[C@H]2[C@H](C)C(C)=C[C@@H]3/C=C(\C)CCC[C@@H]1O. The van der Waals surface area contributed by atoms with Crippen LogP contribution in [0, 0.1) is 29.1 Å². The maximum Gasteiger partial charge on any atom is 0.235 e. The molecule has 1 fully saturated rings. The fraction of sp³-hybridized carbons (Fsp3) is 0.760. The number of methoxy groups -OCH3 is 1. The summed E-state index contributed by atoms with van der Waals surface area (Å²) in [5.41, 5.74) is 1.30. The van der Waals surface area contributed by atoms with Crippen molar-refractivity contribution in [3.63, 3.8) is 0 Å². The van der Waals surface area contributed by atoms with Gasteiger partial charge in [0.15, 0.2) is 5.78 Å². The maximum atomic E-state index is 14.0. The summed E-state index contributed by atoms with van der Waals surface area (Å²) in [7, 11) is 1.54. The van der Waals surface area contributed by atoms with Gasteiger partial charge in [-0.15, -0.1) is 0 Å². The Morgan fingerprint density at radius 1 is 1.27 bits per heavy atom. The number of aliphatic hydroxyl groups is 1. The lowest BCUT2D eigenvalue weighted by Crippen LogP contribution is -2.53. The zero-order valence-corrected chi connectivity index (χ0v) is 19.4. The Morgan fingerprint density at radius 3 is 2.60 bits per heavy atom. The summed E-state index contributed by atoms with van der Waals surface area (Å²) in [5.74, 6) is -0.0146. The van der Waals surface area contributed by atoms with E-state index in [1.165, 1.54) is 11.1 Å². The largest absolute Gasteiger partial charge is 0.390 e. The molecule has 7 atom stereocenters. The zero-order valence-electron chi connectivity index (χ0n) is 19.4. The van der Waals surface area contributed by atoms with Crippen LogP contribution >= 0.6 is 0 Å². The molecule has 1 spiro atoms. The van der Waals surface area contributed by atoms with Crippen LogP contribution in [0.25, 0.3) is 0 Å². The summed E-state index contributed by atoms with van der Waals surface area (Å²) in [5, 5.41) is 13.9. The van der Waals surface area contributed by atoms with Crippen LogP contribution in [0.5, 0.6) is 0 Å². The maximum absolute atomic E-state index is 14.0. The molecule has 3 aliphatic rings. The quantitative estimate of drug-likeness (QED) is 0.541. The van der Waals surface area contributed by atoms with Gasteiger partial charge in [0.25, 0.3) is 0 Å². The fourth-order valence-corrected chi connectivity index (χ4v) is 6.10. The highest BCUT2D eigenvalue weighted by molar-refractivity contribution is 6.09. The third-order valence-corrected chi connectivity index (χ3v) is 7.72. The highest BCUT2D eigenvalue weighted by Crippen LogP contribution is 2.55. The van der Waals surface area contributed by atoms with Crippen molar-refractivity contribution in [2.24, 2.45) is 29.1 Å². The Bertz CT molecular complexity index is 739. The van der Waals surface area contributed by atoms with Crippen molar-refractivity contribution in [1.29, 1.82) is 0 Å². The number of hydrogen-bond acceptors (Lipinski definition) is 4. The molecule has 0 aromatic carbocycles. The molecular weight excluding hydrogens is 378 g/mol. The summed E-state index contributed by atoms with van der Waals surface area (Å²) in [6, 6.07) is -0.0210. The van der Waals surface area contributed by atoms with Gasteiger partial charge in [0, 0.05) is 31.4 Å². The van der Waals surface area contributed by atoms with Crippen LogP contribution in [0.4, 0.5) is 0 Å². The minimum atomic E-state index is -1.12. The van der Waals surface area contributed by atoms with E-state index >= 15 is 0 Å². The molecule has 5 nitrogen and oxygen atoms in total. The topological polar surface area (TPSA) is 75.6 Å². The van der Waals surface area contributed by atoms with Crippen LogP contribution in [0.1, 0.15) is 66.7 Å². The van der Waals surface area contributed by atoms with E-state index < -0.39 is 17.6 Å². The molecule has 168 valence electrons. The number of carbonyl (C=O) groups excluding carboxylic acids is 2. The molecular formula is C25H39NO4. The van der Waals surface area contributed by atoms with Gasteiger partial charge in [0.2, 0.25) is 5.91 Å². The van der Waals surface area contributed by atoms with Crippen molar-refractivity contribution in [1.82, 2.24) is 5.32 Å². The standard InChI is InChI=1S/C25H39NO4/c1-14(2)10-19-23-17(5)16(4)12-18-11-15(3)8-7-9-20(27)21(30-6)13-22(28)25(18,23)24(29)26-19/h11-12,14,17-21,23,27H,7-10,13H2,1-6H3,(H,26,29)/b15-11+/t17-,18+,19+,20+,21-,23-,25-/m1/s1. The highest BCUT2D eigenvalue weighted by atomic mass is 16.5. The van der Waals surface area contributed by atoms with E-state index in [9.17, 15) is 14.7 Å². The van der Waals surface area contributed by atoms with Gasteiger partial charge in [0.1, 0.15) is 5.41 Å². The van der Waals surface area contributed by atoms with Gasteiger partial charge in [-0.25, -0.2) is 0 Å². The van der Waals surface area contributed by atoms with Crippen molar-refractivity contribution < 1.29 is 19.4 Å². The third kappa shape index (κ3) is 3.91. The van der Waals surface area contributed by atoms with Crippen LogP contribution in [-0.4, -0.2) is 42.2 Å². The van der Waals surface area contributed by atoms with Crippen molar-refractivity contribution in [2.45, 2.75) is 85.0 Å². The van der Waals surface area contributed by atoms with E-state index in [1.54, 1.807) is 7.11 Å². The lowest BCUT2D eigenvalue weighted by atomic mass is 9.54. The molecule has 1 saturated heterocycles. The summed E-state index contributed by atoms with van der Waals surface area (Å²) >= 11 is 0. The molecule has 1 amide bonds. The first-order chi connectivity index (χ1) is 14.1. The summed E-state index contributed by atoms with van der Waals surface area (Å²) < 4.78 is 5.54. The average molecular weight is 418 g/mol. The van der Waals surface area contributed by atoms with Crippen molar-refractivity contribution in [3.05, 3.63) is 23.3 Å². The smallest absolute Gasteiger partial charge is 0.235 e. The van der Waals surface area contributed by atoms with Crippen LogP contribution in [0.15, 0.2) is 23.3 Å². The first-order valence-corrected chi connectivity index (χ1v) is 11.5. The second-order valence-corrected chi connectivity index (χ2v) is 10.2.